The van der Waals surface area contributed by atoms with Gasteiger partial charge in [-0.15, -0.1) is 0 Å². The van der Waals surface area contributed by atoms with Crippen molar-refractivity contribution in [3.63, 3.8) is 0 Å². The standard InChI is InChI=1S/C13H15FN4O/c14-10-1-3-11(4-2-10)18-12(16-17-13(18)19)9-5-7-15-8-6-9/h1-4,9,15H,5-8H2,(H,17,19). The highest BCUT2D eigenvalue weighted by Crippen LogP contribution is 2.24. The van der Waals surface area contributed by atoms with Crippen molar-refractivity contribution in [3.8, 4) is 5.69 Å². The monoisotopic (exact) mass is 262 g/mol. The number of hydrogen-bond acceptors (Lipinski definition) is 3. The first kappa shape index (κ1) is 12.1. The fourth-order valence-corrected chi connectivity index (χ4v) is 2.50. The van der Waals surface area contributed by atoms with Crippen molar-refractivity contribution in [2.75, 3.05) is 13.1 Å². The summed E-state index contributed by atoms with van der Waals surface area (Å²) in [5.41, 5.74) is 0.369. The number of aromatic amines is 1. The molecular formula is C13H15FN4O. The maximum atomic E-state index is 13.0. The molecule has 0 unspecified atom stereocenters. The fourth-order valence-electron chi connectivity index (χ4n) is 2.50. The zero-order valence-corrected chi connectivity index (χ0v) is 10.4. The van der Waals surface area contributed by atoms with Crippen LogP contribution in [-0.4, -0.2) is 27.9 Å². The van der Waals surface area contributed by atoms with Gasteiger partial charge in [-0.3, -0.25) is 0 Å². The van der Waals surface area contributed by atoms with Gasteiger partial charge in [0.05, 0.1) is 5.69 Å². The van der Waals surface area contributed by atoms with Gasteiger partial charge in [0.1, 0.15) is 11.6 Å². The van der Waals surface area contributed by atoms with Crippen LogP contribution in [0.5, 0.6) is 0 Å². The SMILES string of the molecule is O=c1[nH]nc(C2CCNCC2)n1-c1ccc(F)cc1. The van der Waals surface area contributed by atoms with E-state index in [9.17, 15) is 9.18 Å². The molecule has 0 bridgehead atoms. The van der Waals surface area contributed by atoms with Crippen molar-refractivity contribution < 1.29 is 4.39 Å². The maximum Gasteiger partial charge on any atom is 0.347 e. The summed E-state index contributed by atoms with van der Waals surface area (Å²) in [5.74, 6) is 0.673. The van der Waals surface area contributed by atoms with E-state index in [4.69, 9.17) is 0 Å². The van der Waals surface area contributed by atoms with Gasteiger partial charge in [-0.25, -0.2) is 18.9 Å². The minimum atomic E-state index is -0.316. The Kier molecular flexibility index (Phi) is 3.16. The van der Waals surface area contributed by atoms with Crippen LogP contribution in [-0.2, 0) is 0 Å². The van der Waals surface area contributed by atoms with E-state index in [-0.39, 0.29) is 17.4 Å². The second kappa shape index (κ2) is 4.97. The van der Waals surface area contributed by atoms with E-state index < -0.39 is 0 Å². The van der Waals surface area contributed by atoms with E-state index in [1.807, 2.05) is 0 Å². The molecule has 0 spiro atoms. The number of H-pyrrole nitrogens is 1. The number of hydrogen-bond donors (Lipinski definition) is 2. The average Bonchev–Trinajstić information content (AvgIpc) is 2.83. The molecule has 100 valence electrons. The van der Waals surface area contributed by atoms with Crippen LogP contribution in [0.3, 0.4) is 0 Å². The number of benzene rings is 1. The summed E-state index contributed by atoms with van der Waals surface area (Å²) in [7, 11) is 0. The molecule has 1 aliphatic rings. The average molecular weight is 262 g/mol. The van der Waals surface area contributed by atoms with Crippen LogP contribution in [0.2, 0.25) is 0 Å². The Morgan fingerprint density at radius 1 is 1.21 bits per heavy atom. The van der Waals surface area contributed by atoms with E-state index in [1.165, 1.54) is 16.7 Å². The van der Waals surface area contributed by atoms with Crippen LogP contribution in [0.15, 0.2) is 29.1 Å². The van der Waals surface area contributed by atoms with Crippen molar-refractivity contribution in [2.24, 2.45) is 0 Å². The first-order valence-corrected chi connectivity index (χ1v) is 6.39. The molecule has 1 aromatic carbocycles. The molecule has 1 fully saturated rings. The Morgan fingerprint density at radius 3 is 2.58 bits per heavy atom. The molecule has 0 radical (unpaired) electrons. The molecule has 3 rings (SSSR count). The second-order valence-electron chi connectivity index (χ2n) is 4.72. The number of piperidine rings is 1. The zero-order chi connectivity index (χ0) is 13.2. The summed E-state index contributed by atoms with van der Waals surface area (Å²) in [6, 6.07) is 5.88. The highest BCUT2D eigenvalue weighted by Gasteiger charge is 2.22. The Bertz CT molecular complexity index is 610. The van der Waals surface area contributed by atoms with Gasteiger partial charge in [0, 0.05) is 5.92 Å². The number of aromatic nitrogens is 3. The lowest BCUT2D eigenvalue weighted by molar-refractivity contribution is 0.440. The molecule has 0 amide bonds. The van der Waals surface area contributed by atoms with Crippen LogP contribution < -0.4 is 11.0 Å². The predicted octanol–water partition coefficient (Wildman–Crippen LogP) is 1.17. The normalized spacial score (nSPS) is 16.7. The van der Waals surface area contributed by atoms with Gasteiger partial charge in [-0.2, -0.15) is 5.10 Å². The molecule has 19 heavy (non-hydrogen) atoms. The van der Waals surface area contributed by atoms with Crippen molar-refractivity contribution >= 4 is 0 Å². The highest BCUT2D eigenvalue weighted by atomic mass is 19.1. The Morgan fingerprint density at radius 2 is 1.89 bits per heavy atom. The van der Waals surface area contributed by atoms with E-state index in [2.05, 4.69) is 15.5 Å². The molecule has 1 aromatic heterocycles. The quantitative estimate of drug-likeness (QED) is 0.854. The van der Waals surface area contributed by atoms with E-state index >= 15 is 0 Å². The first-order chi connectivity index (χ1) is 9.25. The third kappa shape index (κ3) is 2.31. The van der Waals surface area contributed by atoms with Gasteiger partial charge in [0.2, 0.25) is 0 Å². The van der Waals surface area contributed by atoms with Crippen LogP contribution in [0.25, 0.3) is 5.69 Å². The summed E-state index contributed by atoms with van der Waals surface area (Å²) in [4.78, 5) is 11.9. The van der Waals surface area contributed by atoms with E-state index in [0.29, 0.717) is 5.69 Å². The smallest absolute Gasteiger partial charge is 0.317 e. The summed E-state index contributed by atoms with van der Waals surface area (Å²) < 4.78 is 14.5. The largest absolute Gasteiger partial charge is 0.347 e. The molecule has 2 N–H and O–H groups in total. The molecule has 2 aromatic rings. The lowest BCUT2D eigenvalue weighted by atomic mass is 9.97. The minimum absolute atomic E-state index is 0.255. The molecule has 5 nitrogen and oxygen atoms in total. The third-order valence-corrected chi connectivity index (χ3v) is 3.49. The summed E-state index contributed by atoms with van der Waals surface area (Å²) >= 11 is 0. The second-order valence-corrected chi connectivity index (χ2v) is 4.72. The minimum Gasteiger partial charge on any atom is -0.317 e. The van der Waals surface area contributed by atoms with Crippen LogP contribution in [0.4, 0.5) is 4.39 Å². The van der Waals surface area contributed by atoms with Gasteiger partial charge in [-0.1, -0.05) is 0 Å². The molecule has 0 atom stereocenters. The maximum absolute atomic E-state index is 13.0. The van der Waals surface area contributed by atoms with Gasteiger partial charge in [0.15, 0.2) is 0 Å². The van der Waals surface area contributed by atoms with Gasteiger partial charge >= 0.3 is 5.69 Å². The first-order valence-electron chi connectivity index (χ1n) is 6.39. The third-order valence-electron chi connectivity index (χ3n) is 3.49. The van der Waals surface area contributed by atoms with Crippen LogP contribution in [0, 0.1) is 5.82 Å². The van der Waals surface area contributed by atoms with Crippen molar-refractivity contribution in [3.05, 3.63) is 46.4 Å². The van der Waals surface area contributed by atoms with Crippen LogP contribution >= 0.6 is 0 Å². The van der Waals surface area contributed by atoms with Gasteiger partial charge < -0.3 is 5.32 Å². The molecular weight excluding hydrogens is 247 g/mol. The molecule has 1 saturated heterocycles. The number of nitrogens with one attached hydrogen (secondary N) is 2. The summed E-state index contributed by atoms with van der Waals surface area (Å²) in [5, 5.41) is 9.92. The zero-order valence-electron chi connectivity index (χ0n) is 10.4. The van der Waals surface area contributed by atoms with Crippen molar-refractivity contribution in [1.29, 1.82) is 0 Å². The fraction of sp³-hybridized carbons (Fsp3) is 0.385. The molecule has 0 saturated carbocycles. The van der Waals surface area contributed by atoms with Gasteiger partial charge in [0.25, 0.3) is 0 Å². The lowest BCUT2D eigenvalue weighted by Gasteiger charge is -2.22. The Hall–Kier alpha value is -1.95. The Balaban J connectivity index is 2.02. The van der Waals surface area contributed by atoms with Crippen LogP contribution in [0.1, 0.15) is 24.6 Å². The number of nitrogens with zero attached hydrogens (tertiary/aromatic N) is 2. The molecule has 0 aliphatic carbocycles. The molecule has 1 aliphatic heterocycles. The van der Waals surface area contributed by atoms with Crippen molar-refractivity contribution in [1.82, 2.24) is 20.1 Å². The number of rotatable bonds is 2. The summed E-state index contributed by atoms with van der Waals surface area (Å²) in [6.45, 7) is 1.85. The molecule has 2 heterocycles. The topological polar surface area (TPSA) is 62.7 Å². The summed E-state index contributed by atoms with van der Waals surface area (Å²) in [6.07, 6.45) is 1.90. The predicted molar refractivity (Wildman–Crippen MR) is 69.0 cm³/mol. The van der Waals surface area contributed by atoms with Gasteiger partial charge in [-0.05, 0) is 50.2 Å². The van der Waals surface area contributed by atoms with E-state index in [1.54, 1.807) is 12.1 Å². The highest BCUT2D eigenvalue weighted by molar-refractivity contribution is 5.33. The molecule has 6 heteroatoms. The lowest BCUT2D eigenvalue weighted by Crippen LogP contribution is -2.29. The van der Waals surface area contributed by atoms with E-state index in [0.717, 1.165) is 31.8 Å². The Labute approximate surface area is 109 Å². The number of halogens is 1. The van der Waals surface area contributed by atoms with Crippen molar-refractivity contribution in [2.45, 2.75) is 18.8 Å².